The maximum Gasteiger partial charge on any atom is 0.0172 e. The summed E-state index contributed by atoms with van der Waals surface area (Å²) in [5.74, 6) is 1.32. The van der Waals surface area contributed by atoms with Crippen LogP contribution in [0.2, 0.25) is 0 Å². The second kappa shape index (κ2) is 9.25. The molecule has 1 fully saturated rings. The number of nitrogens with one attached hydrogen (secondary N) is 1. The summed E-state index contributed by atoms with van der Waals surface area (Å²) in [6.45, 7) is 15.5. The fourth-order valence-corrected chi connectivity index (χ4v) is 4.20. The van der Waals surface area contributed by atoms with Crippen LogP contribution in [0.4, 0.5) is 0 Å². The zero-order chi connectivity index (χ0) is 14.1. The molecule has 114 valence electrons. The zero-order valence-electron chi connectivity index (χ0n) is 13.5. The Bertz CT molecular complexity index is 229. The van der Waals surface area contributed by atoms with Crippen molar-refractivity contribution < 1.29 is 0 Å². The van der Waals surface area contributed by atoms with E-state index in [0.29, 0.717) is 5.41 Å². The van der Waals surface area contributed by atoms with Crippen LogP contribution in [0.1, 0.15) is 53.4 Å². The average molecular weight is 287 g/mol. The first-order chi connectivity index (χ1) is 9.19. The molecule has 0 aromatic heterocycles. The zero-order valence-corrected chi connectivity index (χ0v) is 14.3. The van der Waals surface area contributed by atoms with Crippen LogP contribution >= 0.6 is 11.8 Å². The van der Waals surface area contributed by atoms with Crippen molar-refractivity contribution in [3.8, 4) is 0 Å². The van der Waals surface area contributed by atoms with Gasteiger partial charge in [-0.3, -0.25) is 0 Å². The van der Waals surface area contributed by atoms with E-state index in [1.54, 1.807) is 0 Å². The topological polar surface area (TPSA) is 15.3 Å². The van der Waals surface area contributed by atoms with Gasteiger partial charge in [0.1, 0.15) is 0 Å². The Labute approximate surface area is 125 Å². The molecular formula is C16H34N2S. The van der Waals surface area contributed by atoms with E-state index in [1.165, 1.54) is 57.6 Å². The summed E-state index contributed by atoms with van der Waals surface area (Å²) in [4.78, 5) is 2.73. The summed E-state index contributed by atoms with van der Waals surface area (Å²) in [5.41, 5.74) is 0.482. The largest absolute Gasteiger partial charge is 0.316 e. The molecule has 0 saturated carbocycles. The molecule has 0 radical (unpaired) electrons. The summed E-state index contributed by atoms with van der Waals surface area (Å²) in [7, 11) is 0. The maximum absolute atomic E-state index is 3.66. The molecule has 1 aliphatic rings. The molecule has 1 N–H and O–H groups in total. The van der Waals surface area contributed by atoms with Gasteiger partial charge >= 0.3 is 0 Å². The minimum atomic E-state index is 0.482. The van der Waals surface area contributed by atoms with E-state index in [2.05, 4.69) is 49.7 Å². The van der Waals surface area contributed by atoms with E-state index in [0.717, 1.165) is 11.8 Å². The standard InChI is InChI=1S/C16H34N2S/c1-5-9-17-13-16(7-3,8-4)14-18-10-11-19-15(6-2)12-18/h15,17H,5-14H2,1-4H3. The van der Waals surface area contributed by atoms with Crippen LogP contribution in [0.5, 0.6) is 0 Å². The molecule has 1 aliphatic heterocycles. The summed E-state index contributed by atoms with van der Waals surface area (Å²) in [5, 5.41) is 4.53. The van der Waals surface area contributed by atoms with Crippen molar-refractivity contribution >= 4 is 11.8 Å². The Morgan fingerprint density at radius 1 is 1.21 bits per heavy atom. The van der Waals surface area contributed by atoms with E-state index in [1.807, 2.05) is 0 Å². The molecule has 1 atom stereocenters. The van der Waals surface area contributed by atoms with Gasteiger partial charge in [0, 0.05) is 37.2 Å². The minimum Gasteiger partial charge on any atom is -0.316 e. The highest BCUT2D eigenvalue weighted by Crippen LogP contribution is 2.30. The van der Waals surface area contributed by atoms with Gasteiger partial charge in [0.25, 0.3) is 0 Å². The van der Waals surface area contributed by atoms with Crippen molar-refractivity contribution in [2.24, 2.45) is 5.41 Å². The maximum atomic E-state index is 3.66. The summed E-state index contributed by atoms with van der Waals surface area (Å²) >= 11 is 2.17. The molecule has 0 spiro atoms. The molecule has 0 aromatic carbocycles. The predicted octanol–water partition coefficient (Wildman–Crippen LogP) is 3.62. The highest BCUT2D eigenvalue weighted by atomic mass is 32.2. The van der Waals surface area contributed by atoms with Gasteiger partial charge in [-0.05, 0) is 37.6 Å². The molecule has 1 saturated heterocycles. The fourth-order valence-electron chi connectivity index (χ4n) is 2.96. The summed E-state index contributed by atoms with van der Waals surface area (Å²) < 4.78 is 0. The van der Waals surface area contributed by atoms with Crippen molar-refractivity contribution in [1.29, 1.82) is 0 Å². The smallest absolute Gasteiger partial charge is 0.0172 e. The van der Waals surface area contributed by atoms with Crippen LogP contribution in [-0.2, 0) is 0 Å². The lowest BCUT2D eigenvalue weighted by Crippen LogP contribution is -2.48. The van der Waals surface area contributed by atoms with Crippen LogP contribution in [-0.4, -0.2) is 48.6 Å². The summed E-state index contributed by atoms with van der Waals surface area (Å²) in [6.07, 6.45) is 5.14. The SMILES string of the molecule is CCCNCC(CC)(CC)CN1CCSC(CC)C1. The third-order valence-corrected chi connectivity index (χ3v) is 6.04. The third kappa shape index (κ3) is 5.65. The number of nitrogens with zero attached hydrogens (tertiary/aromatic N) is 1. The first kappa shape index (κ1) is 17.3. The normalized spacial score (nSPS) is 21.8. The van der Waals surface area contributed by atoms with Gasteiger partial charge in [0.2, 0.25) is 0 Å². The van der Waals surface area contributed by atoms with Gasteiger partial charge in [0.05, 0.1) is 0 Å². The van der Waals surface area contributed by atoms with E-state index in [9.17, 15) is 0 Å². The van der Waals surface area contributed by atoms with Gasteiger partial charge in [-0.15, -0.1) is 0 Å². The first-order valence-corrected chi connectivity index (χ1v) is 9.29. The van der Waals surface area contributed by atoms with Gasteiger partial charge < -0.3 is 10.2 Å². The van der Waals surface area contributed by atoms with Gasteiger partial charge in [-0.1, -0.05) is 27.7 Å². The second-order valence-corrected chi connectivity index (χ2v) is 7.43. The predicted molar refractivity (Wildman–Crippen MR) is 89.2 cm³/mol. The van der Waals surface area contributed by atoms with Crippen molar-refractivity contribution in [1.82, 2.24) is 10.2 Å². The van der Waals surface area contributed by atoms with Crippen LogP contribution < -0.4 is 5.32 Å². The van der Waals surface area contributed by atoms with E-state index >= 15 is 0 Å². The lowest BCUT2D eigenvalue weighted by atomic mass is 9.81. The van der Waals surface area contributed by atoms with Crippen LogP contribution in [0.25, 0.3) is 0 Å². The highest BCUT2D eigenvalue weighted by Gasteiger charge is 2.30. The van der Waals surface area contributed by atoms with Crippen LogP contribution in [0.3, 0.4) is 0 Å². The second-order valence-electron chi connectivity index (χ2n) is 6.02. The molecule has 19 heavy (non-hydrogen) atoms. The van der Waals surface area contributed by atoms with E-state index in [4.69, 9.17) is 0 Å². The number of hydrogen-bond donors (Lipinski definition) is 1. The van der Waals surface area contributed by atoms with Gasteiger partial charge in [-0.2, -0.15) is 11.8 Å². The third-order valence-electron chi connectivity index (χ3n) is 4.66. The highest BCUT2D eigenvalue weighted by molar-refractivity contribution is 8.00. The Kier molecular flexibility index (Phi) is 8.43. The van der Waals surface area contributed by atoms with E-state index < -0.39 is 0 Å². The lowest BCUT2D eigenvalue weighted by Gasteiger charge is -2.41. The number of hydrogen-bond acceptors (Lipinski definition) is 3. The lowest BCUT2D eigenvalue weighted by molar-refractivity contribution is 0.137. The van der Waals surface area contributed by atoms with Crippen LogP contribution in [0, 0.1) is 5.41 Å². The van der Waals surface area contributed by atoms with Crippen molar-refractivity contribution in [2.75, 3.05) is 38.5 Å². The number of thioether (sulfide) groups is 1. The van der Waals surface area contributed by atoms with Gasteiger partial charge in [-0.25, -0.2) is 0 Å². The number of rotatable bonds is 9. The van der Waals surface area contributed by atoms with E-state index in [-0.39, 0.29) is 0 Å². The summed E-state index contributed by atoms with van der Waals surface area (Å²) in [6, 6.07) is 0. The average Bonchev–Trinajstić information content (AvgIpc) is 2.46. The van der Waals surface area contributed by atoms with Crippen molar-refractivity contribution in [3.63, 3.8) is 0 Å². The van der Waals surface area contributed by atoms with Crippen molar-refractivity contribution in [3.05, 3.63) is 0 Å². The molecular weight excluding hydrogens is 252 g/mol. The molecule has 0 aromatic rings. The quantitative estimate of drug-likeness (QED) is 0.652. The monoisotopic (exact) mass is 286 g/mol. The molecule has 1 unspecified atom stereocenters. The molecule has 3 heteroatoms. The Balaban J connectivity index is 2.51. The Hall–Kier alpha value is 0.270. The van der Waals surface area contributed by atoms with Gasteiger partial charge in [0.15, 0.2) is 0 Å². The molecule has 2 nitrogen and oxygen atoms in total. The first-order valence-electron chi connectivity index (χ1n) is 8.24. The molecule has 1 heterocycles. The Morgan fingerprint density at radius 2 is 1.95 bits per heavy atom. The molecule has 0 bridgehead atoms. The molecule has 1 rings (SSSR count). The Morgan fingerprint density at radius 3 is 2.53 bits per heavy atom. The molecule has 0 amide bonds. The van der Waals surface area contributed by atoms with Crippen molar-refractivity contribution in [2.45, 2.75) is 58.6 Å². The minimum absolute atomic E-state index is 0.482. The fraction of sp³-hybridized carbons (Fsp3) is 1.00. The molecule has 0 aliphatic carbocycles. The van der Waals surface area contributed by atoms with Crippen LogP contribution in [0.15, 0.2) is 0 Å².